The van der Waals surface area contributed by atoms with Crippen LogP contribution in [0.25, 0.3) is 24.3 Å². The van der Waals surface area contributed by atoms with Gasteiger partial charge in [-0.15, -0.1) is 0 Å². The maximum absolute atomic E-state index is 12.0. The van der Waals surface area contributed by atoms with Crippen LogP contribution in [0.15, 0.2) is 109 Å². The van der Waals surface area contributed by atoms with E-state index in [2.05, 4.69) is 0 Å². The number of ketones is 2. The van der Waals surface area contributed by atoms with Crippen LogP contribution in [-0.2, 0) is 9.59 Å². The number of hydrogen-bond acceptors (Lipinski definition) is 2. The summed E-state index contributed by atoms with van der Waals surface area (Å²) in [6.07, 6.45) is 13.3. The summed E-state index contributed by atoms with van der Waals surface area (Å²) in [6.45, 7) is 0. The maximum atomic E-state index is 12.0. The lowest BCUT2D eigenvalue weighted by Gasteiger charge is -1.96. The number of rotatable bonds is 8. The molecule has 3 aromatic carbocycles. The van der Waals surface area contributed by atoms with Crippen LogP contribution in [0.4, 0.5) is 0 Å². The summed E-state index contributed by atoms with van der Waals surface area (Å²) in [5.74, 6) is -0.141. The molecule has 0 saturated carbocycles. The van der Waals surface area contributed by atoms with E-state index in [4.69, 9.17) is 0 Å². The van der Waals surface area contributed by atoms with Crippen LogP contribution in [0, 0.1) is 0 Å². The topological polar surface area (TPSA) is 34.1 Å². The number of carbonyl (C=O) groups excluding carboxylic acids is 2. The number of allylic oxidation sites excluding steroid dienone is 4. The van der Waals surface area contributed by atoms with Crippen LogP contribution in [-0.4, -0.2) is 11.6 Å². The number of benzene rings is 3. The van der Waals surface area contributed by atoms with Gasteiger partial charge in [0.2, 0.25) is 0 Å². The molecule has 0 aliphatic rings. The van der Waals surface area contributed by atoms with Crippen LogP contribution < -0.4 is 0 Å². The molecular formula is C28H22O2. The average Bonchev–Trinajstić information content (AvgIpc) is 2.80. The Balaban J connectivity index is 1.53. The molecule has 0 fully saturated rings. The molecule has 0 heterocycles. The van der Waals surface area contributed by atoms with Crippen LogP contribution in [0.3, 0.4) is 0 Å². The van der Waals surface area contributed by atoms with Crippen LogP contribution >= 0.6 is 0 Å². The largest absolute Gasteiger partial charge is 0.290 e. The lowest BCUT2D eigenvalue weighted by atomic mass is 10.1. The minimum absolute atomic E-state index is 0.0707. The summed E-state index contributed by atoms with van der Waals surface area (Å²) < 4.78 is 0. The molecule has 0 aliphatic carbocycles. The first-order valence-corrected chi connectivity index (χ1v) is 9.69. The van der Waals surface area contributed by atoms with Crippen molar-refractivity contribution in [3.05, 3.63) is 131 Å². The summed E-state index contributed by atoms with van der Waals surface area (Å²) in [4.78, 5) is 23.9. The first-order valence-electron chi connectivity index (χ1n) is 9.69. The van der Waals surface area contributed by atoms with Gasteiger partial charge < -0.3 is 0 Å². The fraction of sp³-hybridized carbons (Fsp3) is 0. The molecule has 30 heavy (non-hydrogen) atoms. The maximum Gasteiger partial charge on any atom is 0.178 e. The highest BCUT2D eigenvalue weighted by atomic mass is 16.1. The zero-order valence-corrected chi connectivity index (χ0v) is 16.5. The molecule has 3 rings (SSSR count). The highest BCUT2D eigenvalue weighted by Crippen LogP contribution is 2.09. The standard InChI is InChI=1S/C28H22O2/c29-27(19-15-23-7-3-1-4-8-23)21-17-25-11-13-26(14-12-25)18-22-28(30)20-16-24-9-5-2-6-10-24/h1-22H. The molecule has 146 valence electrons. The van der Waals surface area contributed by atoms with Gasteiger partial charge in [0.05, 0.1) is 0 Å². The molecule has 0 saturated heterocycles. The fourth-order valence-electron chi connectivity index (χ4n) is 2.67. The van der Waals surface area contributed by atoms with Crippen LogP contribution in [0.2, 0.25) is 0 Å². The van der Waals surface area contributed by atoms with Crippen molar-refractivity contribution in [3.63, 3.8) is 0 Å². The summed E-state index contributed by atoms with van der Waals surface area (Å²) in [5.41, 5.74) is 3.82. The van der Waals surface area contributed by atoms with E-state index in [0.717, 1.165) is 22.3 Å². The van der Waals surface area contributed by atoms with Crippen molar-refractivity contribution >= 4 is 35.9 Å². The minimum Gasteiger partial charge on any atom is -0.290 e. The Morgan fingerprint density at radius 1 is 0.400 bits per heavy atom. The first-order chi connectivity index (χ1) is 14.7. The average molecular weight is 390 g/mol. The summed E-state index contributed by atoms with van der Waals surface area (Å²) in [7, 11) is 0. The van der Waals surface area contributed by atoms with Gasteiger partial charge in [0, 0.05) is 0 Å². The monoisotopic (exact) mass is 390 g/mol. The third-order valence-corrected chi connectivity index (χ3v) is 4.30. The van der Waals surface area contributed by atoms with Gasteiger partial charge in [-0.05, 0) is 46.6 Å². The van der Waals surface area contributed by atoms with Gasteiger partial charge in [-0.25, -0.2) is 0 Å². The third kappa shape index (κ3) is 7.17. The van der Waals surface area contributed by atoms with Crippen molar-refractivity contribution in [2.45, 2.75) is 0 Å². The van der Waals surface area contributed by atoms with E-state index in [1.165, 1.54) is 0 Å². The van der Waals surface area contributed by atoms with E-state index < -0.39 is 0 Å². The second kappa shape index (κ2) is 11.1. The van der Waals surface area contributed by atoms with E-state index in [1.54, 1.807) is 48.6 Å². The van der Waals surface area contributed by atoms with Crippen molar-refractivity contribution in [3.8, 4) is 0 Å². The van der Waals surface area contributed by atoms with E-state index in [1.807, 2.05) is 84.9 Å². The van der Waals surface area contributed by atoms with Crippen molar-refractivity contribution in [2.24, 2.45) is 0 Å². The molecule has 0 aromatic heterocycles. The molecule has 0 bridgehead atoms. The lowest BCUT2D eigenvalue weighted by Crippen LogP contribution is -1.86. The highest BCUT2D eigenvalue weighted by Gasteiger charge is 1.94. The highest BCUT2D eigenvalue weighted by molar-refractivity contribution is 6.05. The van der Waals surface area contributed by atoms with Gasteiger partial charge in [-0.3, -0.25) is 9.59 Å². The SMILES string of the molecule is O=C(C=Cc1ccccc1)C=Cc1ccc(C=CC(=O)C=Cc2ccccc2)cc1. The van der Waals surface area contributed by atoms with E-state index in [9.17, 15) is 9.59 Å². The third-order valence-electron chi connectivity index (χ3n) is 4.30. The molecule has 0 radical (unpaired) electrons. The Hall–Kier alpha value is -4.04. The smallest absolute Gasteiger partial charge is 0.178 e. The number of carbonyl (C=O) groups is 2. The van der Waals surface area contributed by atoms with Crippen LogP contribution in [0.1, 0.15) is 22.3 Å². The Morgan fingerprint density at radius 3 is 0.967 bits per heavy atom. The molecule has 2 heteroatoms. The normalized spacial score (nSPS) is 11.7. The molecule has 2 nitrogen and oxygen atoms in total. The lowest BCUT2D eigenvalue weighted by molar-refractivity contribution is -0.111. The van der Waals surface area contributed by atoms with Crippen LogP contribution in [0.5, 0.6) is 0 Å². The Bertz CT molecular complexity index is 994. The summed E-state index contributed by atoms with van der Waals surface area (Å²) in [6, 6.07) is 27.0. The molecular weight excluding hydrogens is 368 g/mol. The van der Waals surface area contributed by atoms with Gasteiger partial charge in [0.1, 0.15) is 0 Å². The molecule has 0 atom stereocenters. The number of hydrogen-bond donors (Lipinski definition) is 0. The zero-order valence-electron chi connectivity index (χ0n) is 16.5. The summed E-state index contributed by atoms with van der Waals surface area (Å²) >= 11 is 0. The van der Waals surface area contributed by atoms with Crippen molar-refractivity contribution in [2.75, 3.05) is 0 Å². The molecule has 0 unspecified atom stereocenters. The van der Waals surface area contributed by atoms with Crippen molar-refractivity contribution in [1.29, 1.82) is 0 Å². The molecule has 0 amide bonds. The molecule has 0 aliphatic heterocycles. The molecule has 0 N–H and O–H groups in total. The molecule has 3 aromatic rings. The van der Waals surface area contributed by atoms with Crippen molar-refractivity contribution in [1.82, 2.24) is 0 Å². The van der Waals surface area contributed by atoms with E-state index in [-0.39, 0.29) is 11.6 Å². The fourth-order valence-corrected chi connectivity index (χ4v) is 2.67. The Kier molecular flexibility index (Phi) is 7.64. The predicted molar refractivity (Wildman–Crippen MR) is 125 cm³/mol. The van der Waals surface area contributed by atoms with Gasteiger partial charge in [0.25, 0.3) is 0 Å². The quantitative estimate of drug-likeness (QED) is 0.424. The molecule has 0 spiro atoms. The summed E-state index contributed by atoms with van der Waals surface area (Å²) in [5, 5.41) is 0. The predicted octanol–water partition coefficient (Wildman–Crippen LogP) is 6.28. The first kappa shape index (κ1) is 20.7. The zero-order chi connectivity index (χ0) is 21.0. The Morgan fingerprint density at radius 2 is 0.667 bits per heavy atom. The second-order valence-corrected chi connectivity index (χ2v) is 6.63. The second-order valence-electron chi connectivity index (χ2n) is 6.63. The Labute approximate surface area is 177 Å². The van der Waals surface area contributed by atoms with Gasteiger partial charge >= 0.3 is 0 Å². The van der Waals surface area contributed by atoms with Crippen molar-refractivity contribution < 1.29 is 9.59 Å². The van der Waals surface area contributed by atoms with E-state index >= 15 is 0 Å². The minimum atomic E-state index is -0.0707. The van der Waals surface area contributed by atoms with Gasteiger partial charge in [-0.2, -0.15) is 0 Å². The van der Waals surface area contributed by atoms with E-state index in [0.29, 0.717) is 0 Å². The van der Waals surface area contributed by atoms with Gasteiger partial charge in [0.15, 0.2) is 11.6 Å². The van der Waals surface area contributed by atoms with Gasteiger partial charge in [-0.1, -0.05) is 109 Å².